The number of aromatic nitrogens is 1. The Morgan fingerprint density at radius 1 is 1.50 bits per heavy atom. The highest BCUT2D eigenvalue weighted by Crippen LogP contribution is 2.23. The summed E-state index contributed by atoms with van der Waals surface area (Å²) in [5, 5.41) is 0. The van der Waals surface area contributed by atoms with Gasteiger partial charge in [0.15, 0.2) is 0 Å². The zero-order valence-electron chi connectivity index (χ0n) is 12.6. The minimum absolute atomic E-state index is 0.127. The Morgan fingerprint density at radius 2 is 2.30 bits per heavy atom. The van der Waals surface area contributed by atoms with Gasteiger partial charge in [-0.05, 0) is 43.4 Å². The van der Waals surface area contributed by atoms with Crippen LogP contribution < -0.4 is 5.73 Å². The number of piperidine rings is 1. The second-order valence-corrected chi connectivity index (χ2v) is 6.08. The molecule has 1 fully saturated rings. The molecule has 1 aliphatic heterocycles. The van der Waals surface area contributed by atoms with Crippen molar-refractivity contribution < 1.29 is 4.39 Å². The van der Waals surface area contributed by atoms with Crippen LogP contribution in [0.25, 0.3) is 0 Å². The first-order valence-electron chi connectivity index (χ1n) is 7.69. The molecule has 0 saturated carbocycles. The molecular weight excluding hydrogens is 253 g/mol. The number of rotatable bonds is 5. The molecule has 3 unspecified atom stereocenters. The first-order chi connectivity index (χ1) is 9.60. The predicted octanol–water partition coefficient (Wildman–Crippen LogP) is 2.98. The van der Waals surface area contributed by atoms with E-state index in [1.54, 1.807) is 6.07 Å². The SMILES string of the molecule is CCC1CCCN(CC(C)C(N)c2ccc(F)cn2)C1. The molecule has 112 valence electrons. The molecule has 3 atom stereocenters. The standard InChI is InChI=1S/C16H26FN3/c1-3-13-5-4-8-20(11-13)10-12(2)16(18)15-7-6-14(17)9-19-15/h6-7,9,12-13,16H,3-5,8,10-11,18H2,1-2H3. The molecule has 1 aliphatic rings. The molecule has 2 rings (SSSR count). The summed E-state index contributed by atoms with van der Waals surface area (Å²) in [5.74, 6) is 0.843. The van der Waals surface area contributed by atoms with E-state index in [0.29, 0.717) is 5.92 Å². The quantitative estimate of drug-likeness (QED) is 0.901. The van der Waals surface area contributed by atoms with Gasteiger partial charge in [0.25, 0.3) is 0 Å². The van der Waals surface area contributed by atoms with Crippen LogP contribution >= 0.6 is 0 Å². The average molecular weight is 279 g/mol. The van der Waals surface area contributed by atoms with Crippen molar-refractivity contribution in [3.05, 3.63) is 29.8 Å². The van der Waals surface area contributed by atoms with Gasteiger partial charge in [-0.25, -0.2) is 4.39 Å². The first kappa shape index (κ1) is 15.4. The van der Waals surface area contributed by atoms with Crippen LogP contribution in [0.1, 0.15) is 44.8 Å². The van der Waals surface area contributed by atoms with Crippen molar-refractivity contribution in [3.63, 3.8) is 0 Å². The summed E-state index contributed by atoms with van der Waals surface area (Å²) in [6.07, 6.45) is 5.15. The monoisotopic (exact) mass is 279 g/mol. The molecule has 0 amide bonds. The van der Waals surface area contributed by atoms with E-state index in [4.69, 9.17) is 5.73 Å². The van der Waals surface area contributed by atoms with Crippen molar-refractivity contribution >= 4 is 0 Å². The van der Waals surface area contributed by atoms with Gasteiger partial charge in [0.1, 0.15) is 5.82 Å². The van der Waals surface area contributed by atoms with Gasteiger partial charge in [-0.15, -0.1) is 0 Å². The maximum Gasteiger partial charge on any atom is 0.141 e. The van der Waals surface area contributed by atoms with E-state index in [1.807, 2.05) is 0 Å². The Labute approximate surface area is 121 Å². The Bertz CT molecular complexity index is 407. The maximum absolute atomic E-state index is 12.9. The van der Waals surface area contributed by atoms with Gasteiger partial charge in [-0.3, -0.25) is 4.98 Å². The molecule has 0 bridgehead atoms. The van der Waals surface area contributed by atoms with Crippen LogP contribution in [0.3, 0.4) is 0 Å². The van der Waals surface area contributed by atoms with Crippen LogP contribution in [-0.2, 0) is 0 Å². The van der Waals surface area contributed by atoms with Gasteiger partial charge in [0.05, 0.1) is 17.9 Å². The minimum atomic E-state index is -0.310. The normalized spacial score (nSPS) is 23.5. The minimum Gasteiger partial charge on any atom is -0.322 e. The average Bonchev–Trinajstić information content (AvgIpc) is 2.47. The van der Waals surface area contributed by atoms with Gasteiger partial charge in [-0.1, -0.05) is 20.3 Å². The predicted molar refractivity (Wildman–Crippen MR) is 79.7 cm³/mol. The van der Waals surface area contributed by atoms with Gasteiger partial charge >= 0.3 is 0 Å². The number of hydrogen-bond donors (Lipinski definition) is 1. The number of pyridine rings is 1. The summed E-state index contributed by atoms with van der Waals surface area (Å²) in [6, 6.07) is 3.00. The summed E-state index contributed by atoms with van der Waals surface area (Å²) in [6.45, 7) is 7.78. The lowest BCUT2D eigenvalue weighted by Gasteiger charge is -2.35. The van der Waals surface area contributed by atoms with E-state index in [9.17, 15) is 4.39 Å². The van der Waals surface area contributed by atoms with Crippen LogP contribution in [0.15, 0.2) is 18.3 Å². The van der Waals surface area contributed by atoms with Gasteiger partial charge in [-0.2, -0.15) is 0 Å². The number of halogens is 1. The second kappa shape index (κ2) is 7.14. The summed E-state index contributed by atoms with van der Waals surface area (Å²) in [4.78, 5) is 6.62. The van der Waals surface area contributed by atoms with Crippen molar-refractivity contribution in [2.24, 2.45) is 17.6 Å². The Morgan fingerprint density at radius 3 is 2.95 bits per heavy atom. The molecule has 4 heteroatoms. The lowest BCUT2D eigenvalue weighted by Crippen LogP contribution is -2.40. The zero-order chi connectivity index (χ0) is 14.5. The van der Waals surface area contributed by atoms with Crippen molar-refractivity contribution in [3.8, 4) is 0 Å². The molecule has 20 heavy (non-hydrogen) atoms. The molecular formula is C16H26FN3. The zero-order valence-corrected chi connectivity index (χ0v) is 12.6. The van der Waals surface area contributed by atoms with E-state index in [-0.39, 0.29) is 11.9 Å². The van der Waals surface area contributed by atoms with Crippen molar-refractivity contribution in [1.82, 2.24) is 9.88 Å². The summed E-state index contributed by atoms with van der Waals surface area (Å²) < 4.78 is 12.9. The molecule has 0 aromatic carbocycles. The van der Waals surface area contributed by atoms with E-state index in [0.717, 1.165) is 18.2 Å². The van der Waals surface area contributed by atoms with E-state index in [1.165, 1.54) is 44.6 Å². The highest BCUT2D eigenvalue weighted by Gasteiger charge is 2.23. The smallest absolute Gasteiger partial charge is 0.141 e. The van der Waals surface area contributed by atoms with E-state index in [2.05, 4.69) is 23.7 Å². The van der Waals surface area contributed by atoms with Crippen molar-refractivity contribution in [2.75, 3.05) is 19.6 Å². The summed E-state index contributed by atoms with van der Waals surface area (Å²) >= 11 is 0. The molecule has 1 saturated heterocycles. The molecule has 3 nitrogen and oxygen atoms in total. The molecule has 1 aromatic rings. The number of nitrogens with zero attached hydrogens (tertiary/aromatic N) is 2. The van der Waals surface area contributed by atoms with Crippen LogP contribution in [0, 0.1) is 17.7 Å². The van der Waals surface area contributed by atoms with Crippen LogP contribution in [0.4, 0.5) is 4.39 Å². The summed E-state index contributed by atoms with van der Waals surface area (Å²) in [7, 11) is 0. The number of nitrogens with two attached hydrogens (primary N) is 1. The third kappa shape index (κ3) is 4.00. The van der Waals surface area contributed by atoms with Crippen LogP contribution in [-0.4, -0.2) is 29.5 Å². The summed E-state index contributed by atoms with van der Waals surface area (Å²) in [5.41, 5.74) is 7.04. The first-order valence-corrected chi connectivity index (χ1v) is 7.69. The van der Waals surface area contributed by atoms with E-state index >= 15 is 0 Å². The Balaban J connectivity index is 1.90. The van der Waals surface area contributed by atoms with Gasteiger partial charge in [0, 0.05) is 13.1 Å². The fraction of sp³-hybridized carbons (Fsp3) is 0.688. The molecule has 0 radical (unpaired) electrons. The van der Waals surface area contributed by atoms with Crippen LogP contribution in [0.5, 0.6) is 0 Å². The van der Waals surface area contributed by atoms with E-state index < -0.39 is 0 Å². The third-order valence-electron chi connectivity index (χ3n) is 4.43. The van der Waals surface area contributed by atoms with Gasteiger partial charge < -0.3 is 10.6 Å². The largest absolute Gasteiger partial charge is 0.322 e. The lowest BCUT2D eigenvalue weighted by molar-refractivity contribution is 0.145. The highest BCUT2D eigenvalue weighted by molar-refractivity contribution is 5.10. The lowest BCUT2D eigenvalue weighted by atomic mass is 9.93. The molecule has 0 aliphatic carbocycles. The van der Waals surface area contributed by atoms with Crippen molar-refractivity contribution in [2.45, 2.75) is 39.2 Å². The number of likely N-dealkylation sites (tertiary alicyclic amines) is 1. The molecule has 2 N–H and O–H groups in total. The van der Waals surface area contributed by atoms with Gasteiger partial charge in [0.2, 0.25) is 0 Å². The topological polar surface area (TPSA) is 42.1 Å². The Kier molecular flexibility index (Phi) is 5.49. The third-order valence-corrected chi connectivity index (χ3v) is 4.43. The fourth-order valence-corrected chi connectivity index (χ4v) is 3.05. The highest BCUT2D eigenvalue weighted by atomic mass is 19.1. The Hall–Kier alpha value is -1.00. The molecule has 2 heterocycles. The maximum atomic E-state index is 12.9. The van der Waals surface area contributed by atoms with Crippen LogP contribution in [0.2, 0.25) is 0 Å². The molecule has 1 aromatic heterocycles. The van der Waals surface area contributed by atoms with Crippen molar-refractivity contribution in [1.29, 1.82) is 0 Å². The fourth-order valence-electron chi connectivity index (χ4n) is 3.05. The number of hydrogen-bond acceptors (Lipinski definition) is 3. The molecule has 0 spiro atoms. The second-order valence-electron chi connectivity index (χ2n) is 6.08.